The number of hydrogen-bond donors (Lipinski definition) is 1. The van der Waals surface area contributed by atoms with E-state index in [0.29, 0.717) is 30.2 Å². The van der Waals surface area contributed by atoms with Gasteiger partial charge < -0.3 is 9.84 Å². The first-order valence-corrected chi connectivity index (χ1v) is 7.41. The zero-order chi connectivity index (χ0) is 15.9. The van der Waals surface area contributed by atoms with Gasteiger partial charge in [-0.15, -0.1) is 0 Å². The summed E-state index contributed by atoms with van der Waals surface area (Å²) in [5.74, 6) is 0.431. The maximum atomic E-state index is 13.9. The molecule has 118 valence electrons. The second-order valence-corrected chi connectivity index (χ2v) is 5.35. The fourth-order valence-corrected chi connectivity index (χ4v) is 2.56. The first kappa shape index (κ1) is 16.7. The SMILES string of the molecule is COc1ccccc1CN(CCO)Cc1c(F)cccc1Cl. The van der Waals surface area contributed by atoms with Gasteiger partial charge in [-0.25, -0.2) is 4.39 Å². The third-order valence-corrected chi connectivity index (χ3v) is 3.80. The number of hydrogen-bond acceptors (Lipinski definition) is 3. The van der Waals surface area contributed by atoms with Gasteiger partial charge in [-0.1, -0.05) is 35.9 Å². The van der Waals surface area contributed by atoms with Gasteiger partial charge in [-0.05, 0) is 18.2 Å². The molecule has 0 aromatic heterocycles. The van der Waals surface area contributed by atoms with E-state index in [-0.39, 0.29) is 12.4 Å². The summed E-state index contributed by atoms with van der Waals surface area (Å²) in [6, 6.07) is 12.3. The van der Waals surface area contributed by atoms with Gasteiger partial charge in [0.05, 0.1) is 13.7 Å². The summed E-state index contributed by atoms with van der Waals surface area (Å²) in [7, 11) is 1.61. The Labute approximate surface area is 134 Å². The highest BCUT2D eigenvalue weighted by Crippen LogP contribution is 2.24. The highest BCUT2D eigenvalue weighted by atomic mass is 35.5. The van der Waals surface area contributed by atoms with Crippen LogP contribution in [-0.4, -0.2) is 30.3 Å². The Balaban J connectivity index is 2.20. The molecule has 22 heavy (non-hydrogen) atoms. The molecule has 0 spiro atoms. The molecule has 0 unspecified atom stereocenters. The van der Waals surface area contributed by atoms with Crippen molar-refractivity contribution in [3.05, 3.63) is 64.4 Å². The lowest BCUT2D eigenvalue weighted by Gasteiger charge is -2.23. The highest BCUT2D eigenvalue weighted by Gasteiger charge is 2.14. The summed E-state index contributed by atoms with van der Waals surface area (Å²) < 4.78 is 19.3. The molecule has 1 N–H and O–H groups in total. The van der Waals surface area contributed by atoms with Gasteiger partial charge in [0.1, 0.15) is 11.6 Å². The zero-order valence-electron chi connectivity index (χ0n) is 12.4. The first-order valence-electron chi connectivity index (χ1n) is 7.03. The van der Waals surface area contributed by atoms with Gasteiger partial charge in [-0.2, -0.15) is 0 Å². The maximum Gasteiger partial charge on any atom is 0.129 e. The summed E-state index contributed by atoms with van der Waals surface area (Å²) in [6.07, 6.45) is 0. The lowest BCUT2D eigenvalue weighted by Crippen LogP contribution is -2.27. The molecule has 2 aromatic rings. The van der Waals surface area contributed by atoms with Crippen LogP contribution in [0.3, 0.4) is 0 Å². The summed E-state index contributed by atoms with van der Waals surface area (Å²) in [4.78, 5) is 1.93. The van der Waals surface area contributed by atoms with Crippen LogP contribution in [0.1, 0.15) is 11.1 Å². The van der Waals surface area contributed by atoms with Gasteiger partial charge in [0.15, 0.2) is 0 Å². The highest BCUT2D eigenvalue weighted by molar-refractivity contribution is 6.31. The van der Waals surface area contributed by atoms with Crippen molar-refractivity contribution in [2.24, 2.45) is 0 Å². The van der Waals surface area contributed by atoms with E-state index in [1.54, 1.807) is 19.2 Å². The molecule has 5 heteroatoms. The normalized spacial score (nSPS) is 11.0. The Kier molecular flexibility index (Phi) is 6.19. The molecule has 0 bridgehead atoms. The van der Waals surface area contributed by atoms with Gasteiger partial charge in [-0.3, -0.25) is 4.90 Å². The van der Waals surface area contributed by atoms with Crippen LogP contribution in [0.2, 0.25) is 5.02 Å². The van der Waals surface area contributed by atoms with Crippen LogP contribution in [0, 0.1) is 5.82 Å². The van der Waals surface area contributed by atoms with Crippen molar-refractivity contribution < 1.29 is 14.2 Å². The Bertz CT molecular complexity index is 601. The van der Waals surface area contributed by atoms with Crippen molar-refractivity contribution in [1.29, 1.82) is 0 Å². The van der Waals surface area contributed by atoms with Gasteiger partial charge in [0, 0.05) is 35.8 Å². The molecule has 2 aromatic carbocycles. The number of para-hydroxylation sites is 1. The van der Waals surface area contributed by atoms with Crippen LogP contribution in [-0.2, 0) is 13.1 Å². The number of halogens is 2. The van der Waals surface area contributed by atoms with Crippen LogP contribution in [0.5, 0.6) is 5.75 Å². The Morgan fingerprint density at radius 1 is 1.14 bits per heavy atom. The number of methoxy groups -OCH3 is 1. The Hall–Kier alpha value is -1.62. The van der Waals surface area contributed by atoms with Crippen LogP contribution in [0.25, 0.3) is 0 Å². The summed E-state index contributed by atoms with van der Waals surface area (Å²) in [6.45, 7) is 1.27. The predicted molar refractivity (Wildman–Crippen MR) is 85.6 cm³/mol. The third kappa shape index (κ3) is 4.19. The fourth-order valence-electron chi connectivity index (χ4n) is 2.34. The largest absolute Gasteiger partial charge is 0.496 e. The van der Waals surface area contributed by atoms with Crippen LogP contribution in [0.4, 0.5) is 4.39 Å². The van der Waals surface area contributed by atoms with Gasteiger partial charge in [0.25, 0.3) is 0 Å². The Morgan fingerprint density at radius 3 is 2.59 bits per heavy atom. The van der Waals surface area contributed by atoms with E-state index >= 15 is 0 Å². The van der Waals surface area contributed by atoms with Gasteiger partial charge in [0.2, 0.25) is 0 Å². The standard InChI is InChI=1S/C17H19ClFNO2/c1-22-17-8-3-2-5-13(17)11-20(9-10-21)12-14-15(18)6-4-7-16(14)19/h2-8,21H,9-12H2,1H3. The topological polar surface area (TPSA) is 32.7 Å². The number of ether oxygens (including phenoxy) is 1. The molecule has 2 rings (SSSR count). The summed E-state index contributed by atoms with van der Waals surface area (Å²) in [5.41, 5.74) is 1.42. The second kappa shape index (κ2) is 8.13. The fraction of sp³-hybridized carbons (Fsp3) is 0.294. The van der Waals surface area contributed by atoms with Crippen LogP contribution >= 0.6 is 11.6 Å². The lowest BCUT2D eigenvalue weighted by molar-refractivity contribution is 0.181. The predicted octanol–water partition coefficient (Wildman–Crippen LogP) is 3.48. The zero-order valence-corrected chi connectivity index (χ0v) is 13.2. The van der Waals surface area contributed by atoms with Crippen LogP contribution in [0.15, 0.2) is 42.5 Å². The number of rotatable bonds is 7. The molecule has 3 nitrogen and oxygen atoms in total. The van der Waals surface area contributed by atoms with E-state index in [1.807, 2.05) is 29.2 Å². The number of aliphatic hydroxyl groups excluding tert-OH is 1. The minimum absolute atomic E-state index is 0.0127. The number of nitrogens with zero attached hydrogens (tertiary/aromatic N) is 1. The minimum Gasteiger partial charge on any atom is -0.496 e. The van der Waals surface area contributed by atoms with E-state index in [0.717, 1.165) is 11.3 Å². The average molecular weight is 324 g/mol. The average Bonchev–Trinajstić information content (AvgIpc) is 2.51. The molecule has 0 atom stereocenters. The van der Waals surface area contributed by atoms with E-state index in [4.69, 9.17) is 16.3 Å². The molecule has 0 radical (unpaired) electrons. The molecule has 0 aliphatic carbocycles. The lowest BCUT2D eigenvalue weighted by atomic mass is 10.1. The first-order chi connectivity index (χ1) is 10.7. The third-order valence-electron chi connectivity index (χ3n) is 3.45. The molecule has 0 saturated carbocycles. The molecule has 0 saturated heterocycles. The maximum absolute atomic E-state index is 13.9. The smallest absolute Gasteiger partial charge is 0.129 e. The molecular formula is C17H19ClFNO2. The van der Waals surface area contributed by atoms with Crippen molar-refractivity contribution in [2.45, 2.75) is 13.1 Å². The van der Waals surface area contributed by atoms with E-state index in [2.05, 4.69) is 0 Å². The van der Waals surface area contributed by atoms with Crippen LogP contribution < -0.4 is 4.74 Å². The molecular weight excluding hydrogens is 305 g/mol. The van der Waals surface area contributed by atoms with Crippen molar-refractivity contribution in [3.63, 3.8) is 0 Å². The summed E-state index contributed by atoms with van der Waals surface area (Å²) in [5, 5.41) is 9.65. The number of aliphatic hydroxyl groups is 1. The molecule has 0 fully saturated rings. The second-order valence-electron chi connectivity index (χ2n) is 4.95. The summed E-state index contributed by atoms with van der Waals surface area (Å²) >= 11 is 6.08. The minimum atomic E-state index is -0.338. The Morgan fingerprint density at radius 2 is 1.91 bits per heavy atom. The van der Waals surface area contributed by atoms with E-state index in [9.17, 15) is 9.50 Å². The quantitative estimate of drug-likeness (QED) is 0.846. The van der Waals surface area contributed by atoms with Crippen molar-refractivity contribution >= 4 is 11.6 Å². The van der Waals surface area contributed by atoms with E-state index in [1.165, 1.54) is 6.07 Å². The van der Waals surface area contributed by atoms with E-state index < -0.39 is 0 Å². The van der Waals surface area contributed by atoms with Crippen molar-refractivity contribution in [3.8, 4) is 5.75 Å². The van der Waals surface area contributed by atoms with Crippen molar-refractivity contribution in [1.82, 2.24) is 4.90 Å². The molecule has 0 heterocycles. The van der Waals surface area contributed by atoms with Crippen molar-refractivity contribution in [2.75, 3.05) is 20.3 Å². The monoisotopic (exact) mass is 323 g/mol. The molecule has 0 aliphatic rings. The molecule has 0 aliphatic heterocycles. The number of benzene rings is 2. The molecule has 0 amide bonds. The van der Waals surface area contributed by atoms with Gasteiger partial charge >= 0.3 is 0 Å².